The second-order valence-electron chi connectivity index (χ2n) is 6.96. The third-order valence-corrected chi connectivity index (χ3v) is 6.75. The lowest BCUT2D eigenvalue weighted by Gasteiger charge is -2.21. The topological polar surface area (TPSA) is 111 Å². The predicted octanol–water partition coefficient (Wildman–Crippen LogP) is 2.90. The Bertz CT molecular complexity index is 1170. The molecular formula is C22H24ClN3O6S. The summed E-state index contributed by atoms with van der Waals surface area (Å²) in [6, 6.07) is 11.5. The minimum Gasteiger partial charge on any atom is -0.493 e. The Morgan fingerprint density at radius 1 is 1.15 bits per heavy atom. The number of pyridine rings is 1. The number of methoxy groups -OCH3 is 2. The van der Waals surface area contributed by atoms with Gasteiger partial charge in [0.2, 0.25) is 15.9 Å². The van der Waals surface area contributed by atoms with E-state index in [1.165, 1.54) is 18.4 Å². The van der Waals surface area contributed by atoms with Crippen LogP contribution < -0.4 is 14.8 Å². The van der Waals surface area contributed by atoms with Gasteiger partial charge in [-0.15, -0.1) is 0 Å². The molecule has 1 N–H and O–H groups in total. The second-order valence-corrected chi connectivity index (χ2v) is 9.28. The Morgan fingerprint density at radius 3 is 2.58 bits per heavy atom. The van der Waals surface area contributed by atoms with Gasteiger partial charge < -0.3 is 19.2 Å². The highest BCUT2D eigenvalue weighted by molar-refractivity contribution is 7.89. The minimum absolute atomic E-state index is 0.0726. The first-order chi connectivity index (χ1) is 15.8. The number of nitrogens with one attached hydrogen (secondary N) is 1. The number of ether oxygens (including phenoxy) is 2. The quantitative estimate of drug-likeness (QED) is 0.409. The zero-order chi connectivity index (χ0) is 23.8. The van der Waals surface area contributed by atoms with Gasteiger partial charge in [-0.05, 0) is 48.4 Å². The molecule has 3 rings (SSSR count). The lowest BCUT2D eigenvalue weighted by atomic mass is 10.1. The second kappa shape index (κ2) is 11.2. The van der Waals surface area contributed by atoms with Crippen molar-refractivity contribution in [2.45, 2.75) is 17.9 Å². The number of amides is 1. The van der Waals surface area contributed by atoms with Gasteiger partial charge in [-0.2, -0.15) is 4.31 Å². The fraction of sp³-hybridized carbons (Fsp3) is 0.273. The molecule has 0 spiro atoms. The molecule has 0 bridgehead atoms. The van der Waals surface area contributed by atoms with Crippen molar-refractivity contribution in [1.29, 1.82) is 0 Å². The van der Waals surface area contributed by atoms with E-state index in [9.17, 15) is 13.2 Å². The van der Waals surface area contributed by atoms with Crippen molar-refractivity contribution in [3.63, 3.8) is 0 Å². The molecule has 11 heteroatoms. The Kier molecular flexibility index (Phi) is 8.32. The average Bonchev–Trinajstić information content (AvgIpc) is 3.32. The summed E-state index contributed by atoms with van der Waals surface area (Å²) in [5.41, 5.74) is 0.931. The van der Waals surface area contributed by atoms with Crippen LogP contribution in [0.5, 0.6) is 11.5 Å². The van der Waals surface area contributed by atoms with Crippen LogP contribution in [0, 0.1) is 0 Å². The maximum absolute atomic E-state index is 13.1. The highest BCUT2D eigenvalue weighted by Gasteiger charge is 2.28. The zero-order valence-electron chi connectivity index (χ0n) is 18.2. The number of hydrogen-bond acceptors (Lipinski definition) is 7. The molecule has 0 aliphatic carbocycles. The van der Waals surface area contributed by atoms with Crippen LogP contribution in [-0.2, 0) is 27.8 Å². The van der Waals surface area contributed by atoms with Gasteiger partial charge in [0, 0.05) is 12.7 Å². The normalized spacial score (nSPS) is 11.4. The van der Waals surface area contributed by atoms with E-state index in [0.29, 0.717) is 30.2 Å². The molecule has 1 amide bonds. The molecule has 33 heavy (non-hydrogen) atoms. The maximum atomic E-state index is 13.1. The Morgan fingerprint density at radius 2 is 1.94 bits per heavy atom. The summed E-state index contributed by atoms with van der Waals surface area (Å²) in [7, 11) is -0.917. The molecule has 0 saturated carbocycles. The van der Waals surface area contributed by atoms with Crippen LogP contribution in [-0.4, -0.2) is 50.9 Å². The lowest BCUT2D eigenvalue weighted by Crippen LogP contribution is -2.40. The number of carbonyl (C=O) groups is 1. The number of carbonyl (C=O) groups excluding carboxylic acids is 1. The van der Waals surface area contributed by atoms with Crippen LogP contribution in [0.3, 0.4) is 0 Å². The number of aromatic nitrogens is 1. The molecule has 0 saturated heterocycles. The molecule has 0 fully saturated rings. The van der Waals surface area contributed by atoms with Crippen molar-refractivity contribution in [2.75, 3.05) is 27.3 Å². The summed E-state index contributed by atoms with van der Waals surface area (Å²) < 4.78 is 43.1. The van der Waals surface area contributed by atoms with Crippen LogP contribution in [0.4, 0.5) is 0 Å². The molecule has 0 atom stereocenters. The van der Waals surface area contributed by atoms with Crippen molar-refractivity contribution in [3.8, 4) is 11.5 Å². The third kappa shape index (κ3) is 6.47. The summed E-state index contributed by atoms with van der Waals surface area (Å²) in [5, 5.41) is 2.92. The van der Waals surface area contributed by atoms with E-state index in [0.717, 1.165) is 16.1 Å². The van der Waals surface area contributed by atoms with Crippen LogP contribution in [0.1, 0.15) is 11.3 Å². The fourth-order valence-corrected chi connectivity index (χ4v) is 4.48. The number of nitrogens with zero attached hydrogens (tertiary/aromatic N) is 2. The molecule has 0 aliphatic heterocycles. The van der Waals surface area contributed by atoms with Gasteiger partial charge in [-0.3, -0.25) is 4.79 Å². The van der Waals surface area contributed by atoms with E-state index in [4.69, 9.17) is 25.5 Å². The number of sulfonamides is 1. The number of rotatable bonds is 11. The molecule has 0 unspecified atom stereocenters. The van der Waals surface area contributed by atoms with E-state index in [1.54, 1.807) is 32.4 Å². The number of halogens is 1. The van der Waals surface area contributed by atoms with E-state index in [2.05, 4.69) is 10.3 Å². The predicted molar refractivity (Wildman–Crippen MR) is 122 cm³/mol. The molecule has 9 nitrogen and oxygen atoms in total. The summed E-state index contributed by atoms with van der Waals surface area (Å²) in [6.07, 6.45) is 3.12. The van der Waals surface area contributed by atoms with Crippen molar-refractivity contribution >= 4 is 27.5 Å². The standard InChI is InChI=1S/C22H24ClN3O6S/c1-30-19-7-5-16(12-20(19)31-2)9-10-24-22(27)15-26(14-17-4-3-11-32-17)33(28,29)18-6-8-21(23)25-13-18/h3-8,11-13H,9-10,14-15H2,1-2H3,(H,24,27). The van der Waals surface area contributed by atoms with Gasteiger partial charge in [0.05, 0.1) is 33.6 Å². The van der Waals surface area contributed by atoms with Gasteiger partial charge in [-0.25, -0.2) is 13.4 Å². The molecular weight excluding hydrogens is 470 g/mol. The highest BCUT2D eigenvalue weighted by atomic mass is 35.5. The van der Waals surface area contributed by atoms with E-state index in [-0.39, 0.29) is 16.6 Å². The average molecular weight is 494 g/mol. The molecule has 0 aliphatic rings. The Hall–Kier alpha value is -3.08. The number of furan rings is 1. The van der Waals surface area contributed by atoms with Crippen molar-refractivity contribution in [3.05, 3.63) is 71.4 Å². The number of benzene rings is 1. The van der Waals surface area contributed by atoms with E-state index in [1.807, 2.05) is 12.1 Å². The molecule has 0 radical (unpaired) electrons. The summed E-state index contributed by atoms with van der Waals surface area (Å²) in [4.78, 5) is 16.4. The molecule has 176 valence electrons. The molecule has 3 aromatic rings. The SMILES string of the molecule is COc1ccc(CCNC(=O)CN(Cc2ccco2)S(=O)(=O)c2ccc(Cl)nc2)cc1OC. The maximum Gasteiger partial charge on any atom is 0.245 e. The van der Waals surface area contributed by atoms with E-state index < -0.39 is 22.5 Å². The van der Waals surface area contributed by atoms with Crippen LogP contribution in [0.2, 0.25) is 5.15 Å². The largest absolute Gasteiger partial charge is 0.493 e. The lowest BCUT2D eigenvalue weighted by molar-refractivity contribution is -0.121. The van der Waals surface area contributed by atoms with Gasteiger partial charge in [0.25, 0.3) is 0 Å². The Labute approximate surface area is 197 Å². The fourth-order valence-electron chi connectivity index (χ4n) is 3.06. The first-order valence-corrected chi connectivity index (χ1v) is 11.8. The molecule has 2 aromatic heterocycles. The monoisotopic (exact) mass is 493 g/mol. The third-order valence-electron chi connectivity index (χ3n) is 4.75. The minimum atomic E-state index is -4.02. The van der Waals surface area contributed by atoms with Crippen LogP contribution in [0.25, 0.3) is 0 Å². The van der Waals surface area contributed by atoms with Crippen LogP contribution >= 0.6 is 11.6 Å². The number of hydrogen-bond donors (Lipinski definition) is 1. The molecule has 2 heterocycles. The van der Waals surface area contributed by atoms with Gasteiger partial charge in [0.15, 0.2) is 11.5 Å². The summed E-state index contributed by atoms with van der Waals surface area (Å²) >= 11 is 5.77. The van der Waals surface area contributed by atoms with Gasteiger partial charge in [0.1, 0.15) is 15.8 Å². The highest BCUT2D eigenvalue weighted by Crippen LogP contribution is 2.27. The van der Waals surface area contributed by atoms with Crippen molar-refractivity contribution in [2.24, 2.45) is 0 Å². The van der Waals surface area contributed by atoms with Crippen LogP contribution in [0.15, 0.2) is 64.2 Å². The Balaban J connectivity index is 1.67. The molecule has 1 aromatic carbocycles. The van der Waals surface area contributed by atoms with Gasteiger partial charge in [-0.1, -0.05) is 17.7 Å². The smallest absolute Gasteiger partial charge is 0.245 e. The first-order valence-electron chi connectivity index (χ1n) is 9.95. The van der Waals surface area contributed by atoms with Gasteiger partial charge >= 0.3 is 0 Å². The zero-order valence-corrected chi connectivity index (χ0v) is 19.7. The van der Waals surface area contributed by atoms with E-state index >= 15 is 0 Å². The van der Waals surface area contributed by atoms with Crippen molar-refractivity contribution in [1.82, 2.24) is 14.6 Å². The summed E-state index contributed by atoms with van der Waals surface area (Å²) in [5.74, 6) is 1.15. The van der Waals surface area contributed by atoms with Crippen molar-refractivity contribution < 1.29 is 27.1 Å². The first kappa shape index (κ1) is 24.6. The summed E-state index contributed by atoms with van der Waals surface area (Å²) in [6.45, 7) is -0.190.